The van der Waals surface area contributed by atoms with E-state index in [1.165, 1.54) is 4.68 Å². The van der Waals surface area contributed by atoms with E-state index in [4.69, 9.17) is 14.6 Å². The number of hydrogen-bond acceptors (Lipinski definition) is 7. The molecule has 186 valence electrons. The molecule has 0 atom stereocenters. The Morgan fingerprint density at radius 3 is 2.40 bits per heavy atom. The highest BCUT2D eigenvalue weighted by molar-refractivity contribution is 7.13. The fraction of sp³-hybridized carbons (Fsp3) is 0.481. The van der Waals surface area contributed by atoms with E-state index in [9.17, 15) is 9.59 Å². The van der Waals surface area contributed by atoms with E-state index in [-0.39, 0.29) is 18.3 Å². The van der Waals surface area contributed by atoms with Gasteiger partial charge in [0, 0.05) is 12.1 Å². The van der Waals surface area contributed by atoms with Crippen LogP contribution >= 0.6 is 11.3 Å². The van der Waals surface area contributed by atoms with Crippen molar-refractivity contribution in [1.82, 2.24) is 14.8 Å². The van der Waals surface area contributed by atoms with Crippen LogP contribution in [0.15, 0.2) is 52.6 Å². The van der Waals surface area contributed by atoms with E-state index >= 15 is 0 Å². The summed E-state index contributed by atoms with van der Waals surface area (Å²) in [6, 6.07) is 13.8. The maximum Gasteiger partial charge on any atom is 0.364 e. The van der Waals surface area contributed by atoms with Gasteiger partial charge in [0.2, 0.25) is 0 Å². The molecule has 0 unspecified atom stereocenters. The summed E-state index contributed by atoms with van der Waals surface area (Å²) in [5, 5.41) is 6.76. The fourth-order valence-electron chi connectivity index (χ4n) is 4.42. The lowest BCUT2D eigenvalue weighted by molar-refractivity contribution is -0.160. The Bertz CT molecular complexity index is 1160. The quantitative estimate of drug-likeness (QED) is 0.400. The molecule has 7 nitrogen and oxygen atoms in total. The summed E-state index contributed by atoms with van der Waals surface area (Å²) in [6.45, 7) is 6.64. The van der Waals surface area contributed by atoms with Crippen molar-refractivity contribution in [3.8, 4) is 21.8 Å². The first-order valence-corrected chi connectivity index (χ1v) is 13.0. The molecule has 4 rings (SSSR count). The van der Waals surface area contributed by atoms with Crippen molar-refractivity contribution >= 4 is 17.3 Å². The molecule has 1 saturated carbocycles. The van der Waals surface area contributed by atoms with Crippen molar-refractivity contribution in [1.29, 1.82) is 0 Å². The second-order valence-electron chi connectivity index (χ2n) is 10.1. The topological polar surface area (TPSA) is 83.3 Å². The highest BCUT2D eigenvalue weighted by Crippen LogP contribution is 2.32. The molecule has 0 radical (unpaired) electrons. The lowest BCUT2D eigenvalue weighted by Gasteiger charge is -2.28. The van der Waals surface area contributed by atoms with Gasteiger partial charge in [-0.25, -0.2) is 14.3 Å². The molecule has 8 heteroatoms. The van der Waals surface area contributed by atoms with E-state index in [0.29, 0.717) is 30.7 Å². The molecule has 1 aliphatic rings. The number of carbonyl (C=O) groups is 1. The molecular formula is C27H33N3O4S. The van der Waals surface area contributed by atoms with Crippen LogP contribution in [0.3, 0.4) is 0 Å². The van der Waals surface area contributed by atoms with Crippen molar-refractivity contribution < 1.29 is 14.3 Å². The first-order chi connectivity index (χ1) is 16.8. The molecule has 0 N–H and O–H groups in total. The second kappa shape index (κ2) is 11.3. The summed E-state index contributed by atoms with van der Waals surface area (Å²) >= 11 is 1.55. The van der Waals surface area contributed by atoms with Gasteiger partial charge in [-0.1, -0.05) is 36.4 Å². The third kappa shape index (κ3) is 7.08. The monoisotopic (exact) mass is 495 g/mol. The molecule has 35 heavy (non-hydrogen) atoms. The van der Waals surface area contributed by atoms with Gasteiger partial charge < -0.3 is 9.47 Å². The summed E-state index contributed by atoms with van der Waals surface area (Å²) < 4.78 is 12.4. The van der Waals surface area contributed by atoms with Crippen molar-refractivity contribution in [3.63, 3.8) is 0 Å². The number of esters is 1. The fourth-order valence-corrected chi connectivity index (χ4v) is 5.13. The van der Waals surface area contributed by atoms with E-state index in [0.717, 1.165) is 41.8 Å². The molecule has 0 saturated heterocycles. The third-order valence-electron chi connectivity index (χ3n) is 6.07. The Kier molecular flexibility index (Phi) is 8.13. The number of ether oxygens (including phenoxy) is 2. The zero-order valence-electron chi connectivity index (χ0n) is 20.6. The van der Waals surface area contributed by atoms with E-state index in [2.05, 4.69) is 4.98 Å². The average molecular weight is 496 g/mol. The predicted octanol–water partition coefficient (Wildman–Crippen LogP) is 5.20. The van der Waals surface area contributed by atoms with Gasteiger partial charge in [0.05, 0.1) is 11.5 Å². The van der Waals surface area contributed by atoms with Crippen molar-refractivity contribution in [3.05, 3.63) is 58.3 Å². The predicted molar refractivity (Wildman–Crippen MR) is 137 cm³/mol. The Balaban J connectivity index is 1.37. The molecule has 0 aliphatic heterocycles. The standard InChI is InChI=1S/C27H33N3O4S/c1-27(2,3)34-23(31)18-33-17-20-13-11-19(12-14-20)16-30-26(32)28-25(22-10-7-15-35-22)24(29-30)21-8-5-4-6-9-21/h4-10,15,19-20H,11-14,16-18H2,1-3H3/t19-,20-. The normalized spacial score (nSPS) is 18.4. The summed E-state index contributed by atoms with van der Waals surface area (Å²) in [5.74, 6) is 0.447. The maximum atomic E-state index is 12.9. The molecule has 0 spiro atoms. The van der Waals surface area contributed by atoms with Crippen LogP contribution in [0.4, 0.5) is 0 Å². The van der Waals surface area contributed by atoms with Crippen LogP contribution in [0.2, 0.25) is 0 Å². The smallest absolute Gasteiger partial charge is 0.364 e. The SMILES string of the molecule is CC(C)(C)OC(=O)COC[C@H]1CC[C@H](Cn2nc(-c3ccccc3)c(-c3cccs3)nc2=O)CC1. The highest BCUT2D eigenvalue weighted by Gasteiger charge is 2.24. The number of thiophene rings is 1. The van der Waals surface area contributed by atoms with Crippen molar-refractivity contribution in [2.75, 3.05) is 13.2 Å². The molecule has 2 aromatic heterocycles. The molecule has 1 fully saturated rings. The number of benzene rings is 1. The number of hydrogen-bond donors (Lipinski definition) is 0. The Morgan fingerprint density at radius 1 is 1.03 bits per heavy atom. The van der Waals surface area contributed by atoms with E-state index < -0.39 is 5.60 Å². The van der Waals surface area contributed by atoms with E-state index in [1.54, 1.807) is 11.3 Å². The lowest BCUT2D eigenvalue weighted by Crippen LogP contribution is -2.32. The van der Waals surface area contributed by atoms with Gasteiger partial charge >= 0.3 is 11.7 Å². The van der Waals surface area contributed by atoms with Gasteiger partial charge in [-0.3, -0.25) is 0 Å². The van der Waals surface area contributed by atoms with Crippen LogP contribution < -0.4 is 5.69 Å². The van der Waals surface area contributed by atoms with Crippen molar-refractivity contribution in [2.24, 2.45) is 11.8 Å². The Hall–Kier alpha value is -2.84. The van der Waals surface area contributed by atoms with E-state index in [1.807, 2.05) is 68.6 Å². The van der Waals surface area contributed by atoms with Gasteiger partial charge in [-0.2, -0.15) is 10.1 Å². The van der Waals surface area contributed by atoms with Crippen LogP contribution in [0.5, 0.6) is 0 Å². The number of nitrogens with zero attached hydrogens (tertiary/aromatic N) is 3. The molecule has 0 bridgehead atoms. The van der Waals surface area contributed by atoms with Crippen molar-refractivity contribution in [2.45, 2.75) is 58.6 Å². The molecule has 1 aliphatic carbocycles. The molecule has 1 aromatic carbocycles. The van der Waals surface area contributed by atoms with Gasteiger partial charge in [0.25, 0.3) is 0 Å². The molecule has 0 amide bonds. The minimum atomic E-state index is -0.498. The zero-order valence-corrected chi connectivity index (χ0v) is 21.4. The summed E-state index contributed by atoms with van der Waals surface area (Å²) in [5.41, 5.74) is 1.51. The van der Waals surface area contributed by atoms with Crippen LogP contribution in [0.1, 0.15) is 46.5 Å². The van der Waals surface area contributed by atoms with Crippen LogP contribution in [-0.2, 0) is 20.8 Å². The van der Waals surface area contributed by atoms with Gasteiger partial charge in [-0.05, 0) is 69.7 Å². The van der Waals surface area contributed by atoms with Gasteiger partial charge in [0.15, 0.2) is 0 Å². The highest BCUT2D eigenvalue weighted by atomic mass is 32.1. The summed E-state index contributed by atoms with van der Waals surface area (Å²) in [4.78, 5) is 30.1. The van der Waals surface area contributed by atoms with Gasteiger partial charge in [0.1, 0.15) is 23.6 Å². The molecule has 2 heterocycles. The van der Waals surface area contributed by atoms with Crippen LogP contribution in [0, 0.1) is 11.8 Å². The Labute approximate surface area is 210 Å². The largest absolute Gasteiger partial charge is 0.458 e. The summed E-state index contributed by atoms with van der Waals surface area (Å²) in [7, 11) is 0. The maximum absolute atomic E-state index is 12.9. The zero-order chi connectivity index (χ0) is 24.8. The second-order valence-corrected chi connectivity index (χ2v) is 11.1. The number of rotatable bonds is 8. The van der Waals surface area contributed by atoms with Gasteiger partial charge in [-0.15, -0.1) is 11.3 Å². The Morgan fingerprint density at radius 2 is 1.74 bits per heavy atom. The first-order valence-electron chi connectivity index (χ1n) is 12.2. The minimum Gasteiger partial charge on any atom is -0.458 e. The number of carbonyl (C=O) groups excluding carboxylic acids is 1. The molecular weight excluding hydrogens is 462 g/mol. The lowest BCUT2D eigenvalue weighted by atomic mass is 9.82. The first kappa shape index (κ1) is 25.3. The third-order valence-corrected chi connectivity index (χ3v) is 6.94. The molecule has 3 aromatic rings. The minimum absolute atomic E-state index is 0.0129. The summed E-state index contributed by atoms with van der Waals surface area (Å²) in [6.07, 6.45) is 3.98. The average Bonchev–Trinajstić information content (AvgIpc) is 3.35. The van der Waals surface area contributed by atoms with Crippen LogP contribution in [0.25, 0.3) is 21.8 Å². The van der Waals surface area contributed by atoms with Crippen LogP contribution in [-0.4, -0.2) is 39.5 Å². The number of aromatic nitrogens is 3.